The minimum Gasteiger partial charge on any atom is -0.292 e. The number of rotatable bonds is 3. The van der Waals surface area contributed by atoms with Crippen molar-refractivity contribution in [1.29, 1.82) is 0 Å². The minimum atomic E-state index is -0.281. The van der Waals surface area contributed by atoms with Gasteiger partial charge >= 0.3 is 0 Å². The Morgan fingerprint density at radius 1 is 0.857 bits per heavy atom. The maximum absolute atomic E-state index is 11.8. The summed E-state index contributed by atoms with van der Waals surface area (Å²) in [6.07, 6.45) is 2.06. The van der Waals surface area contributed by atoms with E-state index in [-0.39, 0.29) is 24.2 Å². The first-order valence-corrected chi connectivity index (χ1v) is 6.89. The molecule has 0 radical (unpaired) electrons. The quantitative estimate of drug-likeness (QED) is 0.692. The van der Waals surface area contributed by atoms with Crippen LogP contribution >= 0.6 is 0 Å². The summed E-state index contributed by atoms with van der Waals surface area (Å²) in [7, 11) is 0. The number of imide groups is 1. The summed E-state index contributed by atoms with van der Waals surface area (Å²) in [6.45, 7) is 0. The second kappa shape index (κ2) is 5.75. The molecule has 2 amide bonds. The van der Waals surface area contributed by atoms with Gasteiger partial charge in [-0.3, -0.25) is 14.9 Å². The number of benzene rings is 2. The molecule has 0 spiro atoms. The third kappa shape index (κ3) is 2.92. The monoisotopic (exact) mass is 277 g/mol. The molecule has 2 aromatic rings. The SMILES string of the molecule is O=C1C/C(=C\C(c2ccccc2)c2ccccc2)C(=O)N1. The maximum atomic E-state index is 11.8. The lowest BCUT2D eigenvalue weighted by Crippen LogP contribution is -2.19. The molecule has 3 rings (SSSR count). The van der Waals surface area contributed by atoms with Gasteiger partial charge in [0, 0.05) is 11.5 Å². The molecule has 0 atom stereocenters. The van der Waals surface area contributed by atoms with Gasteiger partial charge in [0.05, 0.1) is 6.42 Å². The Morgan fingerprint density at radius 3 is 1.81 bits per heavy atom. The topological polar surface area (TPSA) is 46.2 Å². The summed E-state index contributed by atoms with van der Waals surface area (Å²) < 4.78 is 0. The van der Waals surface area contributed by atoms with E-state index in [1.807, 2.05) is 66.7 Å². The van der Waals surface area contributed by atoms with Crippen LogP contribution in [-0.2, 0) is 9.59 Å². The molecule has 3 heteroatoms. The van der Waals surface area contributed by atoms with Gasteiger partial charge in [0.1, 0.15) is 0 Å². The molecular weight excluding hydrogens is 262 g/mol. The van der Waals surface area contributed by atoms with Crippen molar-refractivity contribution in [2.75, 3.05) is 0 Å². The van der Waals surface area contributed by atoms with Crippen molar-refractivity contribution in [1.82, 2.24) is 5.32 Å². The Bertz CT molecular complexity index is 650. The highest BCUT2D eigenvalue weighted by Gasteiger charge is 2.25. The van der Waals surface area contributed by atoms with Crippen molar-refractivity contribution in [2.45, 2.75) is 12.3 Å². The average Bonchev–Trinajstić information content (AvgIpc) is 2.84. The van der Waals surface area contributed by atoms with Crippen molar-refractivity contribution in [3.63, 3.8) is 0 Å². The molecule has 0 aliphatic carbocycles. The Balaban J connectivity index is 2.04. The lowest BCUT2D eigenvalue weighted by Gasteiger charge is -2.14. The largest absolute Gasteiger partial charge is 0.292 e. The van der Waals surface area contributed by atoms with Crippen LogP contribution in [0.5, 0.6) is 0 Å². The molecule has 0 saturated carbocycles. The van der Waals surface area contributed by atoms with Crippen LogP contribution in [0.3, 0.4) is 0 Å². The van der Waals surface area contributed by atoms with E-state index in [4.69, 9.17) is 0 Å². The first-order chi connectivity index (χ1) is 10.2. The highest BCUT2D eigenvalue weighted by Crippen LogP contribution is 2.28. The minimum absolute atomic E-state index is 0.0287. The zero-order valence-corrected chi connectivity index (χ0v) is 11.5. The molecule has 0 aromatic heterocycles. The zero-order chi connectivity index (χ0) is 14.7. The van der Waals surface area contributed by atoms with Crippen molar-refractivity contribution in [2.24, 2.45) is 0 Å². The molecule has 3 nitrogen and oxygen atoms in total. The van der Waals surface area contributed by atoms with Crippen LogP contribution < -0.4 is 5.32 Å². The van der Waals surface area contributed by atoms with Crippen LogP contribution in [0.1, 0.15) is 23.5 Å². The molecule has 1 aliphatic heterocycles. The van der Waals surface area contributed by atoms with Crippen LogP contribution in [0.2, 0.25) is 0 Å². The lowest BCUT2D eigenvalue weighted by atomic mass is 9.89. The number of nitrogens with one attached hydrogen (secondary N) is 1. The van der Waals surface area contributed by atoms with Gasteiger partial charge in [-0.05, 0) is 11.1 Å². The van der Waals surface area contributed by atoms with Crippen LogP contribution in [-0.4, -0.2) is 11.8 Å². The van der Waals surface area contributed by atoms with E-state index >= 15 is 0 Å². The van der Waals surface area contributed by atoms with Crippen molar-refractivity contribution >= 4 is 11.8 Å². The first kappa shape index (κ1) is 13.3. The fourth-order valence-corrected chi connectivity index (χ4v) is 2.55. The van der Waals surface area contributed by atoms with Gasteiger partial charge in [-0.1, -0.05) is 66.7 Å². The normalized spacial score (nSPS) is 16.5. The molecule has 1 aliphatic rings. The van der Waals surface area contributed by atoms with Crippen LogP contribution in [0.15, 0.2) is 72.3 Å². The molecule has 1 heterocycles. The number of hydrogen-bond acceptors (Lipinski definition) is 2. The van der Waals surface area contributed by atoms with E-state index in [1.54, 1.807) is 0 Å². The Morgan fingerprint density at radius 2 is 1.38 bits per heavy atom. The van der Waals surface area contributed by atoms with E-state index in [9.17, 15) is 9.59 Å². The fourth-order valence-electron chi connectivity index (χ4n) is 2.55. The fraction of sp³-hybridized carbons (Fsp3) is 0.111. The van der Waals surface area contributed by atoms with E-state index in [2.05, 4.69) is 5.32 Å². The smallest absolute Gasteiger partial charge is 0.254 e. The summed E-state index contributed by atoms with van der Waals surface area (Å²) in [4.78, 5) is 23.1. The van der Waals surface area contributed by atoms with Crippen LogP contribution in [0.25, 0.3) is 0 Å². The first-order valence-electron chi connectivity index (χ1n) is 6.89. The highest BCUT2D eigenvalue weighted by atomic mass is 16.2. The number of amides is 2. The van der Waals surface area contributed by atoms with Crippen molar-refractivity contribution in [3.8, 4) is 0 Å². The van der Waals surface area contributed by atoms with E-state index in [0.29, 0.717) is 5.57 Å². The van der Waals surface area contributed by atoms with Gasteiger partial charge in [0.15, 0.2) is 0 Å². The number of carbonyl (C=O) groups excluding carboxylic acids is 2. The van der Waals surface area contributed by atoms with Crippen molar-refractivity contribution in [3.05, 3.63) is 83.4 Å². The van der Waals surface area contributed by atoms with Crippen LogP contribution in [0, 0.1) is 0 Å². The molecule has 2 aromatic carbocycles. The standard InChI is InChI=1S/C18H15NO2/c20-17-12-15(18(21)19-17)11-16(13-7-3-1-4-8-13)14-9-5-2-6-10-14/h1-11,16H,12H2,(H,19,20,21)/b15-11+. The highest BCUT2D eigenvalue weighted by molar-refractivity contribution is 6.13. The molecule has 1 fully saturated rings. The van der Waals surface area contributed by atoms with Gasteiger partial charge in [-0.25, -0.2) is 0 Å². The summed E-state index contributed by atoms with van der Waals surface area (Å²) in [5, 5.41) is 2.33. The van der Waals surface area contributed by atoms with Gasteiger partial charge in [0.25, 0.3) is 5.91 Å². The molecule has 21 heavy (non-hydrogen) atoms. The molecular formula is C18H15NO2. The average molecular weight is 277 g/mol. The number of carbonyl (C=O) groups is 2. The van der Waals surface area contributed by atoms with Gasteiger partial charge in [-0.2, -0.15) is 0 Å². The second-order valence-electron chi connectivity index (χ2n) is 5.05. The predicted octanol–water partition coefficient (Wildman–Crippen LogP) is 2.79. The number of allylic oxidation sites excluding steroid dienone is 1. The van der Waals surface area contributed by atoms with Gasteiger partial charge < -0.3 is 0 Å². The number of hydrogen-bond donors (Lipinski definition) is 1. The van der Waals surface area contributed by atoms with Gasteiger partial charge in [-0.15, -0.1) is 0 Å². The predicted molar refractivity (Wildman–Crippen MR) is 80.6 cm³/mol. The van der Waals surface area contributed by atoms with Crippen molar-refractivity contribution < 1.29 is 9.59 Å². The summed E-state index contributed by atoms with van der Waals surface area (Å²) in [5.74, 6) is -0.540. The molecule has 0 bridgehead atoms. The Hall–Kier alpha value is -2.68. The Labute approximate surface area is 123 Å². The van der Waals surface area contributed by atoms with Crippen LogP contribution in [0.4, 0.5) is 0 Å². The molecule has 1 saturated heterocycles. The summed E-state index contributed by atoms with van der Waals surface area (Å²) in [6, 6.07) is 20.0. The molecule has 0 unspecified atom stereocenters. The van der Waals surface area contributed by atoms with Gasteiger partial charge in [0.2, 0.25) is 5.91 Å². The third-order valence-corrected chi connectivity index (χ3v) is 3.58. The zero-order valence-electron chi connectivity index (χ0n) is 11.5. The maximum Gasteiger partial charge on any atom is 0.254 e. The molecule has 104 valence electrons. The molecule has 1 N–H and O–H groups in total. The third-order valence-electron chi connectivity index (χ3n) is 3.58. The summed E-state index contributed by atoms with van der Waals surface area (Å²) >= 11 is 0. The van der Waals surface area contributed by atoms with E-state index < -0.39 is 0 Å². The Kier molecular flexibility index (Phi) is 3.65. The lowest BCUT2D eigenvalue weighted by molar-refractivity contribution is -0.124. The van der Waals surface area contributed by atoms with E-state index in [0.717, 1.165) is 11.1 Å². The second-order valence-corrected chi connectivity index (χ2v) is 5.05. The van der Waals surface area contributed by atoms with E-state index in [1.165, 1.54) is 0 Å². The summed E-state index contributed by atoms with van der Waals surface area (Å²) in [5.41, 5.74) is 2.74.